The van der Waals surface area contributed by atoms with Gasteiger partial charge in [0.2, 0.25) is 0 Å². The molecular weight excluding hydrogens is 300 g/mol. The van der Waals surface area contributed by atoms with Gasteiger partial charge >= 0.3 is 0 Å². The van der Waals surface area contributed by atoms with Crippen molar-refractivity contribution in [2.45, 2.75) is 47.1 Å². The summed E-state index contributed by atoms with van der Waals surface area (Å²) < 4.78 is 5.96. The number of nitrogens with zero attached hydrogens (tertiary/aromatic N) is 1. The topological polar surface area (TPSA) is 45.5 Å². The average Bonchev–Trinajstić information content (AvgIpc) is 2.80. The molecule has 1 atom stereocenters. The lowest BCUT2D eigenvalue weighted by Crippen LogP contribution is -2.42. The maximum absolute atomic E-state index is 12.8. The zero-order valence-electron chi connectivity index (χ0n) is 16.0. The van der Waals surface area contributed by atoms with Crippen molar-refractivity contribution in [1.82, 2.24) is 10.2 Å². The Morgan fingerprint density at radius 3 is 2.33 bits per heavy atom. The van der Waals surface area contributed by atoms with Crippen LogP contribution >= 0.6 is 0 Å². The highest BCUT2D eigenvalue weighted by Crippen LogP contribution is 2.30. The summed E-state index contributed by atoms with van der Waals surface area (Å²) in [7, 11) is 4.05. The van der Waals surface area contributed by atoms with Crippen LogP contribution in [0.5, 0.6) is 0 Å². The number of benzene rings is 1. The molecule has 0 saturated heterocycles. The van der Waals surface area contributed by atoms with Crippen LogP contribution in [0.3, 0.4) is 0 Å². The summed E-state index contributed by atoms with van der Waals surface area (Å²) in [5.41, 5.74) is 3.95. The Labute approximate surface area is 145 Å². The number of likely N-dealkylation sites (N-methyl/N-ethyl adjacent to an activating group) is 1. The molecule has 0 spiro atoms. The van der Waals surface area contributed by atoms with Crippen molar-refractivity contribution >= 4 is 16.9 Å². The third-order valence-electron chi connectivity index (χ3n) is 4.37. The third-order valence-corrected chi connectivity index (χ3v) is 4.37. The minimum Gasteiger partial charge on any atom is -0.450 e. The van der Waals surface area contributed by atoms with E-state index in [1.54, 1.807) is 0 Å². The highest BCUT2D eigenvalue weighted by atomic mass is 16.3. The quantitative estimate of drug-likeness (QED) is 0.868. The van der Waals surface area contributed by atoms with Gasteiger partial charge in [0.1, 0.15) is 5.58 Å². The van der Waals surface area contributed by atoms with Gasteiger partial charge in [-0.25, -0.2) is 0 Å². The summed E-state index contributed by atoms with van der Waals surface area (Å²) in [5.74, 6) is 0.849. The number of hydrogen-bond acceptors (Lipinski definition) is 3. The van der Waals surface area contributed by atoms with Crippen LogP contribution < -0.4 is 5.32 Å². The summed E-state index contributed by atoms with van der Waals surface area (Å²) in [6.45, 7) is 11.2. The molecule has 1 aromatic carbocycles. The van der Waals surface area contributed by atoms with Crippen LogP contribution in [-0.4, -0.2) is 37.5 Å². The Bertz CT molecular complexity index is 719. The summed E-state index contributed by atoms with van der Waals surface area (Å²) >= 11 is 0. The second-order valence-corrected chi connectivity index (χ2v) is 7.52. The smallest absolute Gasteiger partial charge is 0.287 e. The van der Waals surface area contributed by atoms with E-state index in [2.05, 4.69) is 37.1 Å². The van der Waals surface area contributed by atoms with Crippen LogP contribution in [0.4, 0.5) is 0 Å². The first-order valence-electron chi connectivity index (χ1n) is 8.65. The van der Waals surface area contributed by atoms with Gasteiger partial charge in [-0.15, -0.1) is 0 Å². The zero-order valence-corrected chi connectivity index (χ0v) is 16.0. The second kappa shape index (κ2) is 7.39. The lowest BCUT2D eigenvalue weighted by atomic mass is 10.0. The van der Waals surface area contributed by atoms with Gasteiger partial charge in [0.15, 0.2) is 5.76 Å². The molecule has 0 aliphatic rings. The number of fused-ring (bicyclic) bond motifs is 1. The molecule has 1 aromatic heterocycles. The van der Waals surface area contributed by atoms with Crippen molar-refractivity contribution in [1.29, 1.82) is 0 Å². The van der Waals surface area contributed by atoms with Crippen molar-refractivity contribution in [3.63, 3.8) is 0 Å². The Morgan fingerprint density at radius 2 is 1.79 bits per heavy atom. The molecule has 132 valence electrons. The van der Waals surface area contributed by atoms with Crippen LogP contribution in [-0.2, 0) is 0 Å². The number of nitrogens with one attached hydrogen (secondary N) is 1. The molecule has 0 saturated carbocycles. The lowest BCUT2D eigenvalue weighted by Gasteiger charge is -2.23. The van der Waals surface area contributed by atoms with Crippen LogP contribution in [0.15, 0.2) is 16.5 Å². The normalized spacial score (nSPS) is 13.0. The lowest BCUT2D eigenvalue weighted by molar-refractivity contribution is 0.0897. The molecule has 0 fully saturated rings. The van der Waals surface area contributed by atoms with Crippen LogP contribution in [0, 0.1) is 26.7 Å². The number of furan rings is 1. The molecule has 0 aliphatic heterocycles. The first-order valence-corrected chi connectivity index (χ1v) is 8.65. The molecule has 1 N–H and O–H groups in total. The summed E-state index contributed by atoms with van der Waals surface area (Å²) in [5, 5.41) is 4.23. The standard InChI is InChI=1S/C20H30N2O2/c1-12(2)10-16(11-22(6)7)21-20(23)19-15(5)17-13(3)8-9-14(4)18(17)24-19/h8-9,12,16H,10-11H2,1-7H3,(H,21,23)/t16-/m1/s1. The number of rotatable bonds is 6. The first-order chi connectivity index (χ1) is 11.2. The third kappa shape index (κ3) is 3.99. The van der Waals surface area contributed by atoms with Crippen molar-refractivity contribution in [2.75, 3.05) is 20.6 Å². The fraction of sp³-hybridized carbons (Fsp3) is 0.550. The molecule has 1 amide bonds. The molecular formula is C20H30N2O2. The largest absolute Gasteiger partial charge is 0.450 e. The van der Waals surface area contributed by atoms with Crippen LogP contribution in [0.25, 0.3) is 11.0 Å². The SMILES string of the molecule is Cc1ccc(C)c2c(C)c(C(=O)N[C@H](CC(C)C)CN(C)C)oc12. The summed E-state index contributed by atoms with van der Waals surface area (Å²) in [6, 6.07) is 4.23. The van der Waals surface area contributed by atoms with Gasteiger partial charge in [-0.05, 0) is 58.3 Å². The number of aryl methyl sites for hydroxylation is 3. The number of carbonyl (C=O) groups excluding carboxylic acids is 1. The molecule has 1 heterocycles. The van der Waals surface area contributed by atoms with Crippen LogP contribution in [0.2, 0.25) is 0 Å². The Kier molecular flexibility index (Phi) is 5.70. The zero-order chi connectivity index (χ0) is 18.0. The van der Waals surface area contributed by atoms with Gasteiger partial charge in [0.25, 0.3) is 5.91 Å². The van der Waals surface area contributed by atoms with Gasteiger partial charge in [-0.2, -0.15) is 0 Å². The van der Waals surface area contributed by atoms with E-state index in [0.29, 0.717) is 11.7 Å². The number of hydrogen-bond donors (Lipinski definition) is 1. The van der Waals surface area contributed by atoms with E-state index in [9.17, 15) is 4.79 Å². The average molecular weight is 330 g/mol. The van der Waals surface area contributed by atoms with Gasteiger partial charge in [-0.3, -0.25) is 4.79 Å². The molecule has 0 radical (unpaired) electrons. The van der Waals surface area contributed by atoms with E-state index in [4.69, 9.17) is 4.42 Å². The van der Waals surface area contributed by atoms with Gasteiger partial charge in [-0.1, -0.05) is 26.0 Å². The summed E-state index contributed by atoms with van der Waals surface area (Å²) in [6.07, 6.45) is 0.946. The monoisotopic (exact) mass is 330 g/mol. The number of carbonyl (C=O) groups is 1. The minimum absolute atomic E-state index is 0.113. The summed E-state index contributed by atoms with van der Waals surface area (Å²) in [4.78, 5) is 14.9. The molecule has 0 unspecified atom stereocenters. The predicted octanol–water partition coefficient (Wildman–Crippen LogP) is 4.06. The fourth-order valence-electron chi connectivity index (χ4n) is 3.33. The van der Waals surface area contributed by atoms with Crippen molar-refractivity contribution in [3.8, 4) is 0 Å². The van der Waals surface area contributed by atoms with Gasteiger partial charge < -0.3 is 14.6 Å². The first kappa shape index (κ1) is 18.5. The Balaban J connectivity index is 2.32. The molecule has 0 bridgehead atoms. The van der Waals surface area contributed by atoms with E-state index in [1.165, 1.54) is 0 Å². The molecule has 2 aromatic rings. The highest BCUT2D eigenvalue weighted by Gasteiger charge is 2.23. The highest BCUT2D eigenvalue weighted by molar-refractivity contribution is 6.00. The Hall–Kier alpha value is -1.81. The second-order valence-electron chi connectivity index (χ2n) is 7.52. The maximum Gasteiger partial charge on any atom is 0.287 e. The van der Waals surface area contributed by atoms with Crippen LogP contribution in [0.1, 0.15) is 47.5 Å². The van der Waals surface area contributed by atoms with Crippen molar-refractivity contribution in [3.05, 3.63) is 34.6 Å². The van der Waals surface area contributed by atoms with E-state index in [-0.39, 0.29) is 11.9 Å². The maximum atomic E-state index is 12.8. The van der Waals surface area contributed by atoms with Gasteiger partial charge in [0.05, 0.1) is 0 Å². The van der Waals surface area contributed by atoms with E-state index in [0.717, 1.165) is 40.6 Å². The predicted molar refractivity (Wildman–Crippen MR) is 99.7 cm³/mol. The van der Waals surface area contributed by atoms with E-state index >= 15 is 0 Å². The van der Waals surface area contributed by atoms with Crippen molar-refractivity contribution in [2.24, 2.45) is 5.92 Å². The van der Waals surface area contributed by atoms with Crippen molar-refractivity contribution < 1.29 is 9.21 Å². The molecule has 4 nitrogen and oxygen atoms in total. The van der Waals surface area contributed by atoms with E-state index < -0.39 is 0 Å². The molecule has 24 heavy (non-hydrogen) atoms. The molecule has 4 heteroatoms. The van der Waals surface area contributed by atoms with E-state index in [1.807, 2.05) is 34.0 Å². The molecule has 2 rings (SSSR count). The van der Waals surface area contributed by atoms with Gasteiger partial charge in [0, 0.05) is 23.5 Å². The molecule has 0 aliphatic carbocycles. The number of amides is 1. The minimum atomic E-state index is -0.116. The Morgan fingerprint density at radius 1 is 1.17 bits per heavy atom. The fourth-order valence-corrected chi connectivity index (χ4v) is 3.33.